The van der Waals surface area contributed by atoms with Crippen molar-refractivity contribution in [3.05, 3.63) is 34.9 Å². The molecule has 1 aromatic carbocycles. The molecule has 3 nitrogen and oxygen atoms in total. The van der Waals surface area contributed by atoms with Crippen molar-refractivity contribution in [2.45, 2.75) is 0 Å². The molecule has 3 aromatic rings. The van der Waals surface area contributed by atoms with Crippen molar-refractivity contribution in [1.29, 1.82) is 0 Å². The summed E-state index contributed by atoms with van der Waals surface area (Å²) in [7, 11) is 2.04. The average molecular weight is 276 g/mol. The lowest BCUT2D eigenvalue weighted by Crippen LogP contribution is -1.90. The zero-order chi connectivity index (χ0) is 11.3. The average Bonchev–Trinajstić information content (AvgIpc) is 2.52. The van der Waals surface area contributed by atoms with E-state index in [1.54, 1.807) is 0 Å². The monoisotopic (exact) mass is 275 g/mol. The molecule has 0 unspecified atom stereocenters. The van der Waals surface area contributed by atoms with Crippen LogP contribution in [0.15, 0.2) is 34.9 Å². The second-order valence-electron chi connectivity index (χ2n) is 3.85. The zero-order valence-corrected chi connectivity index (χ0v) is 10.3. The number of rotatable bonds is 0. The van der Waals surface area contributed by atoms with E-state index in [9.17, 15) is 0 Å². The van der Waals surface area contributed by atoms with Crippen LogP contribution in [-0.2, 0) is 7.05 Å². The lowest BCUT2D eigenvalue weighted by Gasteiger charge is -1.97. The van der Waals surface area contributed by atoms with Gasteiger partial charge in [0.15, 0.2) is 0 Å². The smallest absolute Gasteiger partial charge is 0.124 e. The van der Waals surface area contributed by atoms with Gasteiger partial charge in [-0.15, -0.1) is 0 Å². The first-order valence-corrected chi connectivity index (χ1v) is 5.75. The molecule has 0 amide bonds. The summed E-state index contributed by atoms with van der Waals surface area (Å²) in [5.74, 6) is 0.558. The number of nitrogens with zero attached hydrogens (tertiary/aromatic N) is 2. The van der Waals surface area contributed by atoms with Crippen LogP contribution in [0.4, 0.5) is 5.82 Å². The largest absolute Gasteiger partial charge is 0.384 e. The lowest BCUT2D eigenvalue weighted by molar-refractivity contribution is 1.01. The Morgan fingerprint density at radius 3 is 2.81 bits per heavy atom. The highest BCUT2D eigenvalue weighted by molar-refractivity contribution is 9.10. The molecule has 2 heterocycles. The molecule has 16 heavy (non-hydrogen) atoms. The lowest BCUT2D eigenvalue weighted by atomic mass is 10.2. The predicted molar refractivity (Wildman–Crippen MR) is 70.3 cm³/mol. The van der Waals surface area contributed by atoms with Crippen LogP contribution >= 0.6 is 15.9 Å². The van der Waals surface area contributed by atoms with Gasteiger partial charge in [-0.1, -0.05) is 22.0 Å². The molecule has 0 fully saturated rings. The number of nitrogens with two attached hydrogens (primary N) is 1. The normalized spacial score (nSPS) is 11.4. The minimum atomic E-state index is 0.558. The molecule has 0 saturated carbocycles. The molecule has 0 spiro atoms. The van der Waals surface area contributed by atoms with Crippen LogP contribution in [-0.4, -0.2) is 9.55 Å². The molecule has 0 bridgehead atoms. The summed E-state index contributed by atoms with van der Waals surface area (Å²) in [6.45, 7) is 0. The molecule has 4 heteroatoms. The fourth-order valence-corrected chi connectivity index (χ4v) is 2.44. The molecular formula is C12H10BrN3. The number of anilines is 1. The standard InChI is InChI=1S/C12H10BrN3/c1-16-10-4-7(13)2-3-8(10)9-5-12(14)15-6-11(9)16/h2-6H,1H3,(H2,14,15). The van der Waals surface area contributed by atoms with E-state index < -0.39 is 0 Å². The van der Waals surface area contributed by atoms with E-state index in [0.717, 1.165) is 15.4 Å². The maximum atomic E-state index is 5.72. The summed E-state index contributed by atoms with van der Waals surface area (Å²) in [6.07, 6.45) is 1.82. The van der Waals surface area contributed by atoms with Crippen molar-refractivity contribution in [3.63, 3.8) is 0 Å². The Balaban J connectivity index is 2.59. The Morgan fingerprint density at radius 2 is 2.00 bits per heavy atom. The summed E-state index contributed by atoms with van der Waals surface area (Å²) in [5.41, 5.74) is 8.00. The maximum Gasteiger partial charge on any atom is 0.124 e. The predicted octanol–water partition coefficient (Wildman–Crippen LogP) is 3.07. The van der Waals surface area contributed by atoms with E-state index in [1.165, 1.54) is 10.9 Å². The van der Waals surface area contributed by atoms with Crippen molar-refractivity contribution < 1.29 is 0 Å². The highest BCUT2D eigenvalue weighted by Crippen LogP contribution is 2.30. The van der Waals surface area contributed by atoms with Gasteiger partial charge < -0.3 is 10.3 Å². The van der Waals surface area contributed by atoms with Gasteiger partial charge in [-0.3, -0.25) is 0 Å². The third kappa shape index (κ3) is 1.23. The number of aryl methyl sites for hydroxylation is 1. The number of nitrogen functional groups attached to an aromatic ring is 1. The first kappa shape index (κ1) is 9.66. The van der Waals surface area contributed by atoms with E-state index in [2.05, 4.69) is 37.6 Å². The molecule has 0 aliphatic heterocycles. The van der Waals surface area contributed by atoms with Gasteiger partial charge in [0.25, 0.3) is 0 Å². The van der Waals surface area contributed by atoms with Gasteiger partial charge in [-0.2, -0.15) is 0 Å². The number of aromatic nitrogens is 2. The van der Waals surface area contributed by atoms with E-state index in [1.807, 2.05) is 25.4 Å². The van der Waals surface area contributed by atoms with Crippen LogP contribution in [0.5, 0.6) is 0 Å². The number of pyridine rings is 1. The Morgan fingerprint density at radius 1 is 1.19 bits per heavy atom. The second kappa shape index (κ2) is 3.22. The van der Waals surface area contributed by atoms with Crippen LogP contribution in [0.2, 0.25) is 0 Å². The van der Waals surface area contributed by atoms with Crippen LogP contribution in [0, 0.1) is 0 Å². The van der Waals surface area contributed by atoms with Gasteiger partial charge in [0, 0.05) is 27.8 Å². The second-order valence-corrected chi connectivity index (χ2v) is 4.76. The Labute approximate surface area is 101 Å². The molecule has 80 valence electrons. The SMILES string of the molecule is Cn1c2cnc(N)cc2c2ccc(Br)cc21. The number of benzene rings is 1. The fourth-order valence-electron chi connectivity index (χ4n) is 2.09. The molecule has 3 rings (SSSR count). The minimum Gasteiger partial charge on any atom is -0.384 e. The first-order chi connectivity index (χ1) is 7.66. The molecule has 0 radical (unpaired) electrons. The molecule has 0 saturated heterocycles. The molecule has 2 aromatic heterocycles. The van der Waals surface area contributed by atoms with Gasteiger partial charge in [0.05, 0.1) is 11.7 Å². The topological polar surface area (TPSA) is 43.8 Å². The molecular weight excluding hydrogens is 266 g/mol. The van der Waals surface area contributed by atoms with Crippen LogP contribution in [0.25, 0.3) is 21.8 Å². The van der Waals surface area contributed by atoms with Crippen LogP contribution in [0.1, 0.15) is 0 Å². The Hall–Kier alpha value is -1.55. The van der Waals surface area contributed by atoms with Gasteiger partial charge in [-0.05, 0) is 18.2 Å². The summed E-state index contributed by atoms with van der Waals surface area (Å²) >= 11 is 3.48. The zero-order valence-electron chi connectivity index (χ0n) is 8.74. The number of fused-ring (bicyclic) bond motifs is 3. The van der Waals surface area contributed by atoms with Crippen molar-refractivity contribution in [3.8, 4) is 0 Å². The van der Waals surface area contributed by atoms with E-state index >= 15 is 0 Å². The summed E-state index contributed by atoms with van der Waals surface area (Å²) in [5, 5.41) is 2.35. The Kier molecular flexibility index (Phi) is 1.94. The van der Waals surface area contributed by atoms with E-state index in [4.69, 9.17) is 5.73 Å². The fraction of sp³-hybridized carbons (Fsp3) is 0.0833. The summed E-state index contributed by atoms with van der Waals surface area (Å²) in [6, 6.07) is 8.16. The van der Waals surface area contributed by atoms with Crippen molar-refractivity contribution >= 4 is 43.6 Å². The van der Waals surface area contributed by atoms with Gasteiger partial charge in [-0.25, -0.2) is 4.98 Å². The van der Waals surface area contributed by atoms with Crippen molar-refractivity contribution in [1.82, 2.24) is 9.55 Å². The molecule has 2 N–H and O–H groups in total. The van der Waals surface area contributed by atoms with E-state index in [0.29, 0.717) is 5.82 Å². The highest BCUT2D eigenvalue weighted by Gasteiger charge is 2.08. The van der Waals surface area contributed by atoms with Gasteiger partial charge in [0.2, 0.25) is 0 Å². The maximum absolute atomic E-state index is 5.72. The Bertz CT molecular complexity index is 700. The van der Waals surface area contributed by atoms with Crippen molar-refractivity contribution in [2.24, 2.45) is 7.05 Å². The molecule has 0 atom stereocenters. The quantitative estimate of drug-likeness (QED) is 0.685. The van der Waals surface area contributed by atoms with Crippen LogP contribution < -0.4 is 5.73 Å². The summed E-state index contributed by atoms with van der Waals surface area (Å²) in [4.78, 5) is 4.13. The highest BCUT2D eigenvalue weighted by atomic mass is 79.9. The molecule has 0 aliphatic rings. The van der Waals surface area contributed by atoms with Gasteiger partial charge >= 0.3 is 0 Å². The van der Waals surface area contributed by atoms with Gasteiger partial charge in [0.1, 0.15) is 5.82 Å². The van der Waals surface area contributed by atoms with E-state index in [-0.39, 0.29) is 0 Å². The molecule has 0 aliphatic carbocycles. The third-order valence-electron chi connectivity index (χ3n) is 2.88. The third-order valence-corrected chi connectivity index (χ3v) is 3.37. The minimum absolute atomic E-state index is 0.558. The summed E-state index contributed by atoms with van der Waals surface area (Å²) < 4.78 is 3.20. The number of hydrogen-bond acceptors (Lipinski definition) is 2. The number of halogens is 1. The van der Waals surface area contributed by atoms with Crippen molar-refractivity contribution in [2.75, 3.05) is 5.73 Å². The first-order valence-electron chi connectivity index (χ1n) is 4.96. The number of hydrogen-bond donors (Lipinski definition) is 1. The van der Waals surface area contributed by atoms with Crippen LogP contribution in [0.3, 0.4) is 0 Å².